The van der Waals surface area contributed by atoms with E-state index >= 15 is 0 Å². The fourth-order valence-electron chi connectivity index (χ4n) is 2.63. The Morgan fingerprint density at radius 3 is 2.88 bits per heavy atom. The molecule has 0 aliphatic rings. The highest BCUT2D eigenvalue weighted by molar-refractivity contribution is 9.10. The molecule has 132 valence electrons. The van der Waals surface area contributed by atoms with Crippen LogP contribution in [0.25, 0.3) is 22.2 Å². The van der Waals surface area contributed by atoms with Crippen molar-refractivity contribution in [2.45, 2.75) is 33.4 Å². The van der Waals surface area contributed by atoms with E-state index in [0.717, 1.165) is 33.3 Å². The number of anilines is 1. The molecule has 8 heteroatoms. The lowest BCUT2D eigenvalue weighted by atomic mass is 10.1. The average Bonchev–Trinajstić information content (AvgIpc) is 3.17. The number of aromatic nitrogens is 4. The van der Waals surface area contributed by atoms with Gasteiger partial charge in [-0.3, -0.25) is 10.00 Å². The smallest absolute Gasteiger partial charge is 0.415 e. The third-order valence-electron chi connectivity index (χ3n) is 3.88. The van der Waals surface area contributed by atoms with Crippen LogP contribution in [0.4, 0.5) is 10.6 Å². The van der Waals surface area contributed by atoms with E-state index in [-0.39, 0.29) is 6.10 Å². The van der Waals surface area contributed by atoms with E-state index in [1.807, 2.05) is 32.2 Å². The number of nitrogens with one attached hydrogen (secondary N) is 1. The summed E-state index contributed by atoms with van der Waals surface area (Å²) < 4.78 is 8.10. The standard InChI is InChI=1S/C17H20BrN5O2/c1-5-23-9-12(11-6-15(18)19-8-14(11)23)13-7-16(21-20-13)22(4)17(24)25-10(2)3/h6-10H,5H2,1-4H3,(H,20,21). The van der Waals surface area contributed by atoms with E-state index < -0.39 is 6.09 Å². The van der Waals surface area contributed by atoms with Crippen LogP contribution in [0.3, 0.4) is 0 Å². The number of ether oxygens (including phenoxy) is 1. The first-order valence-electron chi connectivity index (χ1n) is 8.05. The molecule has 0 unspecified atom stereocenters. The van der Waals surface area contributed by atoms with Gasteiger partial charge in [0.05, 0.1) is 23.5 Å². The number of H-pyrrole nitrogens is 1. The van der Waals surface area contributed by atoms with Crippen LogP contribution >= 0.6 is 15.9 Å². The lowest BCUT2D eigenvalue weighted by Gasteiger charge is -2.15. The van der Waals surface area contributed by atoms with E-state index in [1.54, 1.807) is 7.05 Å². The molecule has 1 N–H and O–H groups in total. The summed E-state index contributed by atoms with van der Waals surface area (Å²) in [7, 11) is 1.64. The normalized spacial score (nSPS) is 11.3. The van der Waals surface area contributed by atoms with Crippen molar-refractivity contribution in [2.24, 2.45) is 0 Å². The number of carbonyl (C=O) groups excluding carboxylic acids is 1. The second kappa shape index (κ2) is 6.87. The summed E-state index contributed by atoms with van der Waals surface area (Å²) >= 11 is 3.43. The number of hydrogen-bond acceptors (Lipinski definition) is 4. The number of hydrogen-bond donors (Lipinski definition) is 1. The van der Waals surface area contributed by atoms with Gasteiger partial charge in [0, 0.05) is 36.8 Å². The van der Waals surface area contributed by atoms with E-state index in [0.29, 0.717) is 5.82 Å². The van der Waals surface area contributed by atoms with Gasteiger partial charge in [0.15, 0.2) is 5.82 Å². The number of aromatic amines is 1. The molecule has 0 spiro atoms. The summed E-state index contributed by atoms with van der Waals surface area (Å²) in [6.07, 6.45) is 3.29. The first-order valence-corrected chi connectivity index (χ1v) is 8.84. The van der Waals surface area contributed by atoms with Crippen LogP contribution in [-0.4, -0.2) is 39.0 Å². The average molecular weight is 406 g/mol. The molecule has 25 heavy (non-hydrogen) atoms. The molecule has 0 aliphatic carbocycles. The van der Waals surface area contributed by atoms with Gasteiger partial charge in [-0.15, -0.1) is 0 Å². The molecule has 3 aromatic rings. The fraction of sp³-hybridized carbons (Fsp3) is 0.353. The van der Waals surface area contributed by atoms with Crippen LogP contribution in [-0.2, 0) is 11.3 Å². The molecule has 0 aliphatic heterocycles. The summed E-state index contributed by atoms with van der Waals surface area (Å²) in [5, 5.41) is 8.32. The SMILES string of the molecule is CCn1cc(-c2cc(N(C)C(=O)OC(C)C)n[nH]2)c2cc(Br)ncc21. The zero-order chi connectivity index (χ0) is 18.1. The van der Waals surface area contributed by atoms with E-state index in [1.165, 1.54) is 4.90 Å². The maximum absolute atomic E-state index is 12.0. The molecule has 0 saturated carbocycles. The minimum absolute atomic E-state index is 0.180. The molecule has 3 heterocycles. The number of pyridine rings is 1. The quantitative estimate of drug-likeness (QED) is 0.660. The van der Waals surface area contributed by atoms with E-state index in [9.17, 15) is 4.79 Å². The Balaban J connectivity index is 1.99. The van der Waals surface area contributed by atoms with Crippen molar-refractivity contribution in [2.75, 3.05) is 11.9 Å². The maximum Gasteiger partial charge on any atom is 0.415 e. The van der Waals surface area contributed by atoms with Crippen molar-refractivity contribution in [1.29, 1.82) is 0 Å². The van der Waals surface area contributed by atoms with Gasteiger partial charge < -0.3 is 9.30 Å². The third-order valence-corrected chi connectivity index (χ3v) is 4.32. The van der Waals surface area contributed by atoms with Crippen LogP contribution in [0.15, 0.2) is 29.1 Å². The molecule has 0 saturated heterocycles. The van der Waals surface area contributed by atoms with E-state index in [2.05, 4.69) is 48.8 Å². The Morgan fingerprint density at radius 1 is 1.44 bits per heavy atom. The molecule has 3 aromatic heterocycles. The predicted octanol–water partition coefficient (Wildman–Crippen LogP) is 4.19. The Kier molecular flexibility index (Phi) is 4.80. The van der Waals surface area contributed by atoms with Crippen molar-refractivity contribution >= 4 is 38.7 Å². The molecule has 0 atom stereocenters. The Morgan fingerprint density at radius 2 is 2.20 bits per heavy atom. The highest BCUT2D eigenvalue weighted by Gasteiger charge is 2.19. The Bertz CT molecular complexity index is 915. The molecular formula is C17H20BrN5O2. The summed E-state index contributed by atoms with van der Waals surface area (Å²) in [5.74, 6) is 0.506. The topological polar surface area (TPSA) is 76.0 Å². The number of nitrogens with zero attached hydrogens (tertiary/aromatic N) is 4. The van der Waals surface area contributed by atoms with Gasteiger partial charge in [-0.05, 0) is 42.8 Å². The largest absolute Gasteiger partial charge is 0.446 e. The minimum atomic E-state index is -0.434. The molecular weight excluding hydrogens is 386 g/mol. The number of fused-ring (bicyclic) bond motifs is 1. The zero-order valence-corrected chi connectivity index (χ0v) is 16.2. The van der Waals surface area contributed by atoms with Crippen LogP contribution in [0.2, 0.25) is 0 Å². The Hall–Kier alpha value is -2.35. The molecule has 3 rings (SSSR count). The highest BCUT2D eigenvalue weighted by atomic mass is 79.9. The van der Waals surface area contributed by atoms with Gasteiger partial charge >= 0.3 is 6.09 Å². The van der Waals surface area contributed by atoms with E-state index in [4.69, 9.17) is 4.74 Å². The lowest BCUT2D eigenvalue weighted by molar-refractivity contribution is 0.123. The van der Waals surface area contributed by atoms with Crippen molar-refractivity contribution in [3.63, 3.8) is 0 Å². The van der Waals surface area contributed by atoms with Crippen LogP contribution in [0, 0.1) is 0 Å². The number of halogens is 1. The monoisotopic (exact) mass is 405 g/mol. The molecule has 1 amide bonds. The van der Waals surface area contributed by atoms with Gasteiger partial charge in [0.1, 0.15) is 4.60 Å². The fourth-order valence-corrected chi connectivity index (χ4v) is 2.96. The minimum Gasteiger partial charge on any atom is -0.446 e. The molecule has 0 radical (unpaired) electrons. The third kappa shape index (κ3) is 3.39. The van der Waals surface area contributed by atoms with Crippen molar-refractivity contribution in [3.8, 4) is 11.3 Å². The first kappa shape index (κ1) is 17.5. The van der Waals surface area contributed by atoms with Crippen molar-refractivity contribution < 1.29 is 9.53 Å². The number of carbonyl (C=O) groups is 1. The molecule has 0 fully saturated rings. The number of rotatable bonds is 4. The maximum atomic E-state index is 12.0. The van der Waals surface area contributed by atoms with Crippen LogP contribution in [0.5, 0.6) is 0 Å². The lowest BCUT2D eigenvalue weighted by Crippen LogP contribution is -2.29. The summed E-state index contributed by atoms with van der Waals surface area (Å²) in [6, 6.07) is 3.82. The van der Waals surface area contributed by atoms with Gasteiger partial charge in [-0.1, -0.05) is 0 Å². The molecule has 0 aromatic carbocycles. The van der Waals surface area contributed by atoms with Gasteiger partial charge in [-0.25, -0.2) is 9.78 Å². The second-order valence-corrected chi connectivity index (χ2v) is 6.80. The molecule has 0 bridgehead atoms. The number of amides is 1. The van der Waals surface area contributed by atoms with Crippen LogP contribution in [0.1, 0.15) is 20.8 Å². The van der Waals surface area contributed by atoms with Crippen molar-refractivity contribution in [3.05, 3.63) is 29.1 Å². The summed E-state index contributed by atoms with van der Waals surface area (Å²) in [6.45, 7) is 6.54. The molecule has 7 nitrogen and oxygen atoms in total. The first-order chi connectivity index (χ1) is 11.9. The Labute approximate surface area is 154 Å². The number of aryl methyl sites for hydroxylation is 1. The summed E-state index contributed by atoms with van der Waals surface area (Å²) in [5.41, 5.74) is 2.88. The predicted molar refractivity (Wildman–Crippen MR) is 101 cm³/mol. The van der Waals surface area contributed by atoms with Crippen LogP contribution < -0.4 is 4.90 Å². The highest BCUT2D eigenvalue weighted by Crippen LogP contribution is 2.32. The second-order valence-electron chi connectivity index (χ2n) is 5.98. The van der Waals surface area contributed by atoms with Crippen molar-refractivity contribution in [1.82, 2.24) is 19.7 Å². The summed E-state index contributed by atoms with van der Waals surface area (Å²) in [4.78, 5) is 17.7. The van der Waals surface area contributed by atoms with Gasteiger partial charge in [-0.2, -0.15) is 5.10 Å². The van der Waals surface area contributed by atoms with Gasteiger partial charge in [0.2, 0.25) is 0 Å². The van der Waals surface area contributed by atoms with Gasteiger partial charge in [0.25, 0.3) is 0 Å². The zero-order valence-electron chi connectivity index (χ0n) is 14.6.